The van der Waals surface area contributed by atoms with Crippen molar-refractivity contribution in [3.63, 3.8) is 0 Å². The molecule has 66 valence electrons. The molecule has 0 aliphatic carbocycles. The van der Waals surface area contributed by atoms with Gasteiger partial charge in [-0.05, 0) is 18.2 Å². The maximum absolute atomic E-state index is 9.53. The van der Waals surface area contributed by atoms with Gasteiger partial charge in [0.1, 0.15) is 10.9 Å². The molecule has 1 heterocycles. The van der Waals surface area contributed by atoms with Gasteiger partial charge in [-0.3, -0.25) is 0 Å². The summed E-state index contributed by atoms with van der Waals surface area (Å²) in [6, 6.07) is 5.15. The van der Waals surface area contributed by atoms with Gasteiger partial charge in [-0.1, -0.05) is 27.5 Å². The van der Waals surface area contributed by atoms with Gasteiger partial charge in [-0.25, -0.2) is 4.98 Å². The average molecular weight is 259 g/mol. The number of halogens is 2. The molecule has 0 radical (unpaired) electrons. The summed E-state index contributed by atoms with van der Waals surface area (Å²) in [7, 11) is 0. The van der Waals surface area contributed by atoms with Gasteiger partial charge in [0, 0.05) is 16.1 Å². The first-order chi connectivity index (χ1) is 6.20. The van der Waals surface area contributed by atoms with Crippen LogP contribution in [0.1, 0.15) is 0 Å². The quantitative estimate of drug-likeness (QED) is 0.735. The second kappa shape index (κ2) is 3.16. The van der Waals surface area contributed by atoms with Crippen LogP contribution in [0.15, 0.2) is 28.9 Å². The predicted molar refractivity (Wildman–Crippen MR) is 56.1 cm³/mol. The summed E-state index contributed by atoms with van der Waals surface area (Å²) in [5, 5.41) is 11.3. The number of aromatic nitrogens is 1. The van der Waals surface area contributed by atoms with E-state index >= 15 is 0 Å². The van der Waals surface area contributed by atoms with E-state index in [0.29, 0.717) is 10.5 Å². The highest BCUT2D eigenvalue weighted by molar-refractivity contribution is 9.10. The molecule has 0 saturated carbocycles. The van der Waals surface area contributed by atoms with Crippen LogP contribution >= 0.6 is 27.5 Å². The van der Waals surface area contributed by atoms with Gasteiger partial charge in [0.15, 0.2) is 0 Å². The van der Waals surface area contributed by atoms with Crippen molar-refractivity contribution in [1.29, 1.82) is 0 Å². The summed E-state index contributed by atoms with van der Waals surface area (Å²) in [5.74, 6) is 0.149. The summed E-state index contributed by atoms with van der Waals surface area (Å²) >= 11 is 9.21. The third kappa shape index (κ3) is 1.38. The molecule has 2 rings (SSSR count). The van der Waals surface area contributed by atoms with Crippen molar-refractivity contribution in [3.05, 3.63) is 34.0 Å². The number of fused-ring (bicyclic) bond motifs is 1. The summed E-state index contributed by atoms with van der Waals surface area (Å²) in [4.78, 5) is 3.89. The number of phenolic OH excluding ortho intramolecular Hbond substituents is 1. The van der Waals surface area contributed by atoms with Gasteiger partial charge in [0.05, 0.1) is 5.39 Å². The van der Waals surface area contributed by atoms with Gasteiger partial charge in [-0.2, -0.15) is 0 Å². The zero-order valence-electron chi connectivity index (χ0n) is 6.46. The van der Waals surface area contributed by atoms with Crippen molar-refractivity contribution in [2.45, 2.75) is 0 Å². The first kappa shape index (κ1) is 8.78. The molecule has 2 nitrogen and oxygen atoms in total. The molecular weight excluding hydrogens is 253 g/mol. The van der Waals surface area contributed by atoms with E-state index in [4.69, 9.17) is 11.6 Å². The highest BCUT2D eigenvalue weighted by atomic mass is 79.9. The molecule has 0 bridgehead atoms. The van der Waals surface area contributed by atoms with Crippen LogP contribution in [0.2, 0.25) is 5.15 Å². The average Bonchev–Trinajstić information content (AvgIpc) is 2.12. The Morgan fingerprint density at radius 3 is 2.77 bits per heavy atom. The minimum absolute atomic E-state index is 0.149. The van der Waals surface area contributed by atoms with E-state index in [-0.39, 0.29) is 5.75 Å². The summed E-state index contributed by atoms with van der Waals surface area (Å²) in [5.41, 5.74) is 0. The molecule has 13 heavy (non-hydrogen) atoms. The minimum Gasteiger partial charge on any atom is -0.507 e. The molecule has 0 aliphatic rings. The number of rotatable bonds is 0. The van der Waals surface area contributed by atoms with Crippen molar-refractivity contribution < 1.29 is 5.11 Å². The third-order valence-corrected chi connectivity index (χ3v) is 2.78. The van der Waals surface area contributed by atoms with Crippen LogP contribution in [0.5, 0.6) is 5.75 Å². The van der Waals surface area contributed by atoms with Gasteiger partial charge < -0.3 is 5.11 Å². The van der Waals surface area contributed by atoms with Gasteiger partial charge in [0.25, 0.3) is 0 Å². The Hall–Kier alpha value is -0.800. The van der Waals surface area contributed by atoms with Crippen LogP contribution in [-0.2, 0) is 0 Å². The number of nitrogens with zero attached hydrogens (tertiary/aromatic N) is 1. The highest BCUT2D eigenvalue weighted by Gasteiger charge is 2.07. The predicted octanol–water partition coefficient (Wildman–Crippen LogP) is 3.36. The zero-order chi connectivity index (χ0) is 9.42. The van der Waals surface area contributed by atoms with Crippen molar-refractivity contribution in [2.24, 2.45) is 0 Å². The molecule has 1 aromatic carbocycles. The van der Waals surface area contributed by atoms with E-state index < -0.39 is 0 Å². The Kier molecular flexibility index (Phi) is 2.14. The fourth-order valence-corrected chi connectivity index (χ4v) is 1.92. The van der Waals surface area contributed by atoms with Crippen LogP contribution in [0.3, 0.4) is 0 Å². The fourth-order valence-electron chi connectivity index (χ4n) is 1.20. The lowest BCUT2D eigenvalue weighted by Crippen LogP contribution is -1.80. The van der Waals surface area contributed by atoms with Gasteiger partial charge in [-0.15, -0.1) is 0 Å². The molecule has 2 aromatic rings. The summed E-state index contributed by atoms with van der Waals surface area (Å²) in [6.45, 7) is 0. The van der Waals surface area contributed by atoms with Crippen LogP contribution < -0.4 is 0 Å². The largest absolute Gasteiger partial charge is 0.507 e. The molecule has 0 saturated heterocycles. The topological polar surface area (TPSA) is 33.1 Å². The van der Waals surface area contributed by atoms with Gasteiger partial charge in [0.2, 0.25) is 0 Å². The van der Waals surface area contributed by atoms with Crippen molar-refractivity contribution in [3.8, 4) is 5.75 Å². The van der Waals surface area contributed by atoms with Crippen molar-refractivity contribution in [1.82, 2.24) is 4.98 Å². The second-order valence-electron chi connectivity index (χ2n) is 2.59. The Morgan fingerprint density at radius 1 is 1.31 bits per heavy atom. The first-order valence-electron chi connectivity index (χ1n) is 3.62. The van der Waals surface area contributed by atoms with E-state index in [1.165, 1.54) is 0 Å². The molecule has 0 amide bonds. The Morgan fingerprint density at radius 2 is 2.08 bits per heavy atom. The van der Waals surface area contributed by atoms with Crippen molar-refractivity contribution in [2.75, 3.05) is 0 Å². The SMILES string of the molecule is Oc1ccc(Br)c2ccnc(Cl)c12. The maximum Gasteiger partial charge on any atom is 0.140 e. The number of hydrogen-bond acceptors (Lipinski definition) is 2. The monoisotopic (exact) mass is 257 g/mol. The number of aromatic hydroxyl groups is 1. The summed E-state index contributed by atoms with van der Waals surface area (Å²) in [6.07, 6.45) is 1.61. The molecule has 4 heteroatoms. The van der Waals surface area contributed by atoms with Crippen LogP contribution in [0.4, 0.5) is 0 Å². The summed E-state index contributed by atoms with van der Waals surface area (Å²) < 4.78 is 0.893. The maximum atomic E-state index is 9.53. The Bertz CT molecular complexity index is 464. The molecule has 1 aromatic heterocycles. The molecular formula is C9H5BrClNO. The van der Waals surface area contributed by atoms with Gasteiger partial charge >= 0.3 is 0 Å². The lowest BCUT2D eigenvalue weighted by Gasteiger charge is -2.03. The number of benzene rings is 1. The molecule has 0 unspecified atom stereocenters. The zero-order valence-corrected chi connectivity index (χ0v) is 8.80. The van der Waals surface area contributed by atoms with E-state index in [1.807, 2.05) is 0 Å². The number of pyridine rings is 1. The molecule has 0 spiro atoms. The molecule has 0 aliphatic heterocycles. The molecule has 0 atom stereocenters. The van der Waals surface area contributed by atoms with Crippen LogP contribution in [0, 0.1) is 0 Å². The molecule has 1 N–H and O–H groups in total. The third-order valence-electron chi connectivity index (χ3n) is 1.81. The van der Waals surface area contributed by atoms with E-state index in [2.05, 4.69) is 20.9 Å². The lowest BCUT2D eigenvalue weighted by atomic mass is 10.1. The van der Waals surface area contributed by atoms with Crippen molar-refractivity contribution >= 4 is 38.3 Å². The van der Waals surface area contributed by atoms with E-state index in [1.54, 1.807) is 24.4 Å². The number of phenols is 1. The highest BCUT2D eigenvalue weighted by Crippen LogP contribution is 2.34. The van der Waals surface area contributed by atoms with E-state index in [0.717, 1.165) is 9.86 Å². The number of hydrogen-bond donors (Lipinski definition) is 1. The molecule has 0 fully saturated rings. The minimum atomic E-state index is 0.149. The smallest absolute Gasteiger partial charge is 0.140 e. The van der Waals surface area contributed by atoms with Crippen LogP contribution in [0.25, 0.3) is 10.8 Å². The Labute approximate surface area is 88.3 Å². The first-order valence-corrected chi connectivity index (χ1v) is 4.79. The lowest BCUT2D eigenvalue weighted by molar-refractivity contribution is 0.481. The second-order valence-corrected chi connectivity index (χ2v) is 3.80. The Balaban J connectivity index is 3.00. The van der Waals surface area contributed by atoms with Crippen LogP contribution in [-0.4, -0.2) is 10.1 Å². The fraction of sp³-hybridized carbons (Fsp3) is 0. The van der Waals surface area contributed by atoms with E-state index in [9.17, 15) is 5.11 Å². The normalized spacial score (nSPS) is 10.6. The standard InChI is InChI=1S/C9H5BrClNO/c10-6-1-2-7(13)8-5(6)3-4-12-9(8)11/h1-4,13H.